The maximum Gasteiger partial charge on any atom is 0.258 e. The summed E-state index contributed by atoms with van der Waals surface area (Å²) in [6.45, 7) is 6.32. The molecule has 3 aromatic rings. The van der Waals surface area contributed by atoms with E-state index in [4.69, 9.17) is 16.3 Å². The van der Waals surface area contributed by atoms with Crippen LogP contribution in [0.4, 0.5) is 0 Å². The van der Waals surface area contributed by atoms with Crippen LogP contribution in [0.1, 0.15) is 36.7 Å². The van der Waals surface area contributed by atoms with Crippen LogP contribution in [0.3, 0.4) is 0 Å². The van der Waals surface area contributed by atoms with Crippen LogP contribution in [0, 0.1) is 6.92 Å². The molecule has 6 heteroatoms. The van der Waals surface area contributed by atoms with Crippen LogP contribution < -0.4 is 10.1 Å². The summed E-state index contributed by atoms with van der Waals surface area (Å²) in [5, 5.41) is 3.53. The second-order valence-corrected chi connectivity index (χ2v) is 6.97. The number of imidazole rings is 1. The van der Waals surface area contributed by atoms with Crippen LogP contribution in [0.2, 0.25) is 5.02 Å². The molecule has 0 saturated carbocycles. The van der Waals surface area contributed by atoms with Crippen molar-refractivity contribution in [3.63, 3.8) is 0 Å². The van der Waals surface area contributed by atoms with E-state index < -0.39 is 0 Å². The molecule has 3 rings (SSSR count). The number of H-pyrrole nitrogens is 1. The molecule has 2 N–H and O–H groups in total. The second-order valence-electron chi connectivity index (χ2n) is 6.56. The van der Waals surface area contributed by atoms with Crippen LogP contribution in [0.15, 0.2) is 36.4 Å². The summed E-state index contributed by atoms with van der Waals surface area (Å²) in [5.41, 5.74) is 3.75. The Morgan fingerprint density at radius 3 is 2.81 bits per heavy atom. The molecule has 0 saturated heterocycles. The molecule has 5 nitrogen and oxygen atoms in total. The minimum Gasteiger partial charge on any atom is -0.483 e. The number of nitrogens with zero attached hydrogens (tertiary/aromatic N) is 1. The quantitative estimate of drug-likeness (QED) is 0.677. The smallest absolute Gasteiger partial charge is 0.258 e. The molecular weight excluding hydrogens is 350 g/mol. The van der Waals surface area contributed by atoms with Gasteiger partial charge in [-0.3, -0.25) is 4.79 Å². The Labute approximate surface area is 157 Å². The fraction of sp³-hybridized carbons (Fsp3) is 0.300. The van der Waals surface area contributed by atoms with E-state index in [0.717, 1.165) is 22.2 Å². The van der Waals surface area contributed by atoms with Crippen LogP contribution in [0.25, 0.3) is 11.0 Å². The first kappa shape index (κ1) is 18.3. The fourth-order valence-electron chi connectivity index (χ4n) is 2.71. The number of ether oxygens (including phenoxy) is 1. The third-order valence-corrected chi connectivity index (χ3v) is 4.57. The number of hydrogen-bond donors (Lipinski definition) is 2. The molecule has 0 bridgehead atoms. The molecule has 1 amide bonds. The average Bonchev–Trinajstić information content (AvgIpc) is 3.03. The number of carbonyl (C=O) groups is 1. The molecule has 0 aliphatic rings. The van der Waals surface area contributed by atoms with E-state index in [-0.39, 0.29) is 18.4 Å². The second kappa shape index (κ2) is 7.79. The van der Waals surface area contributed by atoms with Crippen molar-refractivity contribution in [1.82, 2.24) is 15.3 Å². The van der Waals surface area contributed by atoms with E-state index in [1.54, 1.807) is 0 Å². The Kier molecular flexibility index (Phi) is 5.47. The van der Waals surface area contributed by atoms with Crippen LogP contribution >= 0.6 is 11.6 Å². The highest BCUT2D eigenvalue weighted by atomic mass is 35.5. The number of fused-ring (bicyclic) bond motifs is 1. The first-order valence-corrected chi connectivity index (χ1v) is 8.95. The number of benzene rings is 2. The zero-order chi connectivity index (χ0) is 18.7. The van der Waals surface area contributed by atoms with Crippen molar-refractivity contribution in [3.8, 4) is 5.75 Å². The predicted molar refractivity (Wildman–Crippen MR) is 104 cm³/mol. The summed E-state index contributed by atoms with van der Waals surface area (Å²) in [4.78, 5) is 19.8. The number of aromatic amines is 1. The molecule has 0 spiro atoms. The van der Waals surface area contributed by atoms with Gasteiger partial charge in [0.25, 0.3) is 5.91 Å². The third-order valence-electron chi connectivity index (χ3n) is 4.16. The number of para-hydroxylation sites is 2. The molecule has 0 atom stereocenters. The molecule has 1 heterocycles. The van der Waals surface area contributed by atoms with E-state index in [2.05, 4.69) is 29.1 Å². The van der Waals surface area contributed by atoms with Gasteiger partial charge >= 0.3 is 0 Å². The summed E-state index contributed by atoms with van der Waals surface area (Å²) in [5.74, 6) is 1.46. The van der Waals surface area contributed by atoms with E-state index in [0.29, 0.717) is 23.1 Å². The first-order valence-electron chi connectivity index (χ1n) is 8.57. The lowest BCUT2D eigenvalue weighted by atomic mass is 10.0. The van der Waals surface area contributed by atoms with Crippen molar-refractivity contribution < 1.29 is 9.53 Å². The van der Waals surface area contributed by atoms with Crippen molar-refractivity contribution in [3.05, 3.63) is 58.4 Å². The van der Waals surface area contributed by atoms with E-state index in [9.17, 15) is 4.79 Å². The van der Waals surface area contributed by atoms with Gasteiger partial charge in [-0.15, -0.1) is 0 Å². The van der Waals surface area contributed by atoms with Crippen LogP contribution in [-0.2, 0) is 11.3 Å². The monoisotopic (exact) mass is 371 g/mol. The highest BCUT2D eigenvalue weighted by molar-refractivity contribution is 6.31. The van der Waals surface area contributed by atoms with Gasteiger partial charge in [0.2, 0.25) is 0 Å². The molecule has 0 unspecified atom stereocenters. The summed E-state index contributed by atoms with van der Waals surface area (Å²) in [6, 6.07) is 11.5. The first-order chi connectivity index (χ1) is 12.4. The van der Waals surface area contributed by atoms with Crippen molar-refractivity contribution in [1.29, 1.82) is 0 Å². The van der Waals surface area contributed by atoms with Gasteiger partial charge in [0.05, 0.1) is 17.6 Å². The van der Waals surface area contributed by atoms with Crippen molar-refractivity contribution in [2.24, 2.45) is 0 Å². The van der Waals surface area contributed by atoms with E-state index >= 15 is 0 Å². The Balaban J connectivity index is 1.59. The van der Waals surface area contributed by atoms with Gasteiger partial charge < -0.3 is 15.0 Å². The standard InChI is InChI=1S/C20H22ClN3O2/c1-12(2)14-9-15(21)13(3)8-18(14)26-11-20(25)22-10-19-23-16-6-4-5-7-17(16)24-19/h4-9,12H,10-11H2,1-3H3,(H,22,25)(H,23,24). The zero-order valence-electron chi connectivity index (χ0n) is 15.1. The SMILES string of the molecule is Cc1cc(OCC(=O)NCc2nc3ccccc3[nH]2)c(C(C)C)cc1Cl. The maximum absolute atomic E-state index is 12.1. The van der Waals surface area contributed by atoms with Gasteiger partial charge in [-0.25, -0.2) is 4.98 Å². The Bertz CT molecular complexity index is 901. The largest absolute Gasteiger partial charge is 0.483 e. The highest BCUT2D eigenvalue weighted by Crippen LogP contribution is 2.31. The number of nitrogens with one attached hydrogen (secondary N) is 2. The van der Waals surface area contributed by atoms with Crippen molar-refractivity contribution >= 4 is 28.5 Å². The van der Waals surface area contributed by atoms with Gasteiger partial charge in [0, 0.05) is 5.02 Å². The van der Waals surface area contributed by atoms with Gasteiger partial charge in [0.15, 0.2) is 6.61 Å². The number of amides is 1. The number of halogens is 1. The van der Waals surface area contributed by atoms with Crippen molar-refractivity contribution in [2.45, 2.75) is 33.2 Å². The Hall–Kier alpha value is -2.53. The lowest BCUT2D eigenvalue weighted by Crippen LogP contribution is -2.29. The number of hydrogen-bond acceptors (Lipinski definition) is 3. The molecule has 0 aliphatic heterocycles. The maximum atomic E-state index is 12.1. The van der Waals surface area contributed by atoms with E-state index in [1.165, 1.54) is 0 Å². The predicted octanol–water partition coefficient (Wildman–Crippen LogP) is 4.34. The molecule has 0 radical (unpaired) electrons. The summed E-state index contributed by atoms with van der Waals surface area (Å²) < 4.78 is 5.74. The van der Waals surface area contributed by atoms with Gasteiger partial charge in [0.1, 0.15) is 11.6 Å². The van der Waals surface area contributed by atoms with Gasteiger partial charge in [-0.2, -0.15) is 0 Å². The van der Waals surface area contributed by atoms with Crippen molar-refractivity contribution in [2.75, 3.05) is 6.61 Å². The summed E-state index contributed by atoms with van der Waals surface area (Å²) >= 11 is 6.20. The lowest BCUT2D eigenvalue weighted by molar-refractivity contribution is -0.123. The van der Waals surface area contributed by atoms with Gasteiger partial charge in [-0.05, 0) is 48.2 Å². The molecule has 136 valence electrons. The number of aryl methyl sites for hydroxylation is 1. The Morgan fingerprint density at radius 1 is 1.31 bits per heavy atom. The number of rotatable bonds is 6. The van der Waals surface area contributed by atoms with E-state index in [1.807, 2.05) is 43.3 Å². The topological polar surface area (TPSA) is 67.0 Å². The lowest BCUT2D eigenvalue weighted by Gasteiger charge is -2.15. The zero-order valence-corrected chi connectivity index (χ0v) is 15.9. The van der Waals surface area contributed by atoms with Crippen LogP contribution in [-0.4, -0.2) is 22.5 Å². The fourth-order valence-corrected chi connectivity index (χ4v) is 2.88. The summed E-state index contributed by atoms with van der Waals surface area (Å²) in [7, 11) is 0. The summed E-state index contributed by atoms with van der Waals surface area (Å²) in [6.07, 6.45) is 0. The van der Waals surface area contributed by atoms with Gasteiger partial charge in [-0.1, -0.05) is 37.6 Å². The molecule has 0 fully saturated rings. The molecule has 1 aromatic heterocycles. The molecule has 0 aliphatic carbocycles. The molecule has 26 heavy (non-hydrogen) atoms. The number of aromatic nitrogens is 2. The minimum absolute atomic E-state index is 0.0545. The molecular formula is C20H22ClN3O2. The minimum atomic E-state index is -0.201. The number of carbonyl (C=O) groups excluding carboxylic acids is 1. The molecule has 2 aromatic carbocycles. The highest BCUT2D eigenvalue weighted by Gasteiger charge is 2.13. The normalized spacial score (nSPS) is 11.1. The average molecular weight is 372 g/mol. The third kappa shape index (κ3) is 4.17. The van der Waals surface area contributed by atoms with Crippen LogP contribution in [0.5, 0.6) is 5.75 Å². The Morgan fingerprint density at radius 2 is 2.08 bits per heavy atom.